The molecule has 0 unspecified atom stereocenters. The van der Waals surface area contributed by atoms with E-state index in [0.717, 1.165) is 38.5 Å². The number of nitrogens with one attached hydrogen (secondary N) is 1. The van der Waals surface area contributed by atoms with Gasteiger partial charge in [0, 0.05) is 26.1 Å². The van der Waals surface area contributed by atoms with E-state index in [4.69, 9.17) is 9.15 Å². The van der Waals surface area contributed by atoms with Gasteiger partial charge in [-0.3, -0.25) is 9.59 Å². The maximum atomic E-state index is 12.7. The summed E-state index contributed by atoms with van der Waals surface area (Å²) in [6.07, 6.45) is 7.55. The monoisotopic (exact) mass is 332 g/mol. The molecule has 0 atom stereocenters. The molecule has 1 aromatic rings. The maximum absolute atomic E-state index is 12.7. The first-order valence-corrected chi connectivity index (χ1v) is 8.79. The standard InChI is InChI=1S/C18H24N2O4/c1-23-18(8-9-18)17(19-15(21)13-5-2-3-6-13)11-20(12-17)16(22)14-7-4-10-24-14/h4,7,10,13H,2-3,5-6,8-9,11-12H2,1H3,(H,19,21). The number of methoxy groups -OCH3 is 1. The Morgan fingerprint density at radius 3 is 2.54 bits per heavy atom. The number of hydrogen-bond acceptors (Lipinski definition) is 4. The van der Waals surface area contributed by atoms with Gasteiger partial charge in [-0.25, -0.2) is 0 Å². The Morgan fingerprint density at radius 1 is 1.29 bits per heavy atom. The summed E-state index contributed by atoms with van der Waals surface area (Å²) in [7, 11) is 1.70. The van der Waals surface area contributed by atoms with Crippen molar-refractivity contribution in [3.8, 4) is 0 Å². The van der Waals surface area contributed by atoms with Gasteiger partial charge in [0.15, 0.2) is 5.76 Å². The van der Waals surface area contributed by atoms with Crippen LogP contribution in [0.2, 0.25) is 0 Å². The van der Waals surface area contributed by atoms with E-state index in [1.54, 1.807) is 24.1 Å². The molecule has 0 radical (unpaired) electrons. The molecular weight excluding hydrogens is 308 g/mol. The molecule has 1 saturated heterocycles. The third kappa shape index (κ3) is 2.35. The molecule has 0 spiro atoms. The van der Waals surface area contributed by atoms with Gasteiger partial charge in [0.2, 0.25) is 5.91 Å². The molecule has 3 aliphatic rings. The number of carbonyl (C=O) groups excluding carboxylic acids is 2. The van der Waals surface area contributed by atoms with Crippen molar-refractivity contribution in [2.45, 2.75) is 49.7 Å². The average Bonchev–Trinajstić information content (AvgIpc) is 2.98. The van der Waals surface area contributed by atoms with Crippen molar-refractivity contribution in [1.29, 1.82) is 0 Å². The molecule has 3 fully saturated rings. The number of furan rings is 1. The van der Waals surface area contributed by atoms with Crippen molar-refractivity contribution in [3.63, 3.8) is 0 Å². The molecule has 2 saturated carbocycles. The highest BCUT2D eigenvalue weighted by Crippen LogP contribution is 2.52. The molecule has 0 aromatic carbocycles. The minimum atomic E-state index is -0.455. The van der Waals surface area contributed by atoms with Crippen LogP contribution in [0.5, 0.6) is 0 Å². The van der Waals surface area contributed by atoms with Crippen LogP contribution in [-0.2, 0) is 9.53 Å². The van der Waals surface area contributed by atoms with Crippen LogP contribution in [0.1, 0.15) is 49.1 Å². The zero-order valence-corrected chi connectivity index (χ0v) is 14.0. The molecule has 1 N–H and O–H groups in total. The lowest BCUT2D eigenvalue weighted by molar-refractivity contribution is -0.136. The molecular formula is C18H24N2O4. The lowest BCUT2D eigenvalue weighted by Gasteiger charge is -2.54. The molecule has 6 nitrogen and oxygen atoms in total. The van der Waals surface area contributed by atoms with Gasteiger partial charge in [0.05, 0.1) is 11.9 Å². The highest BCUT2D eigenvalue weighted by molar-refractivity contribution is 5.92. The minimum Gasteiger partial charge on any atom is -0.459 e. The summed E-state index contributed by atoms with van der Waals surface area (Å²) >= 11 is 0. The number of nitrogens with zero attached hydrogens (tertiary/aromatic N) is 1. The van der Waals surface area contributed by atoms with Crippen molar-refractivity contribution in [2.75, 3.05) is 20.2 Å². The normalized spacial score (nSPS) is 24.5. The fourth-order valence-electron chi connectivity index (χ4n) is 4.30. The number of amides is 2. The summed E-state index contributed by atoms with van der Waals surface area (Å²) in [6.45, 7) is 0.970. The number of likely N-dealkylation sites (tertiary alicyclic amines) is 1. The van der Waals surface area contributed by atoms with Crippen molar-refractivity contribution in [2.24, 2.45) is 5.92 Å². The van der Waals surface area contributed by atoms with Crippen molar-refractivity contribution in [1.82, 2.24) is 10.2 Å². The van der Waals surface area contributed by atoms with Crippen molar-refractivity contribution < 1.29 is 18.7 Å². The zero-order chi connectivity index (χ0) is 16.8. The molecule has 0 bridgehead atoms. The third-order valence-corrected chi connectivity index (χ3v) is 6.00. The fraction of sp³-hybridized carbons (Fsp3) is 0.667. The van der Waals surface area contributed by atoms with Gasteiger partial charge in [-0.15, -0.1) is 0 Å². The molecule has 6 heteroatoms. The summed E-state index contributed by atoms with van der Waals surface area (Å²) < 4.78 is 11.0. The second-order valence-corrected chi connectivity index (χ2v) is 7.39. The number of hydrogen-bond donors (Lipinski definition) is 1. The van der Waals surface area contributed by atoms with E-state index in [2.05, 4.69) is 5.32 Å². The van der Waals surface area contributed by atoms with Crippen LogP contribution >= 0.6 is 0 Å². The van der Waals surface area contributed by atoms with Crippen molar-refractivity contribution >= 4 is 11.8 Å². The van der Waals surface area contributed by atoms with Gasteiger partial charge in [-0.2, -0.15) is 0 Å². The maximum Gasteiger partial charge on any atom is 0.289 e. The van der Waals surface area contributed by atoms with Gasteiger partial charge in [-0.05, 0) is 37.8 Å². The minimum absolute atomic E-state index is 0.115. The highest BCUT2D eigenvalue weighted by Gasteiger charge is 2.67. The average molecular weight is 332 g/mol. The molecule has 2 heterocycles. The first kappa shape index (κ1) is 15.7. The second kappa shape index (κ2) is 5.62. The number of carbonyl (C=O) groups is 2. The van der Waals surface area contributed by atoms with E-state index >= 15 is 0 Å². The van der Waals surface area contributed by atoms with Crippen LogP contribution in [-0.4, -0.2) is 48.1 Å². The number of ether oxygens (including phenoxy) is 1. The zero-order valence-electron chi connectivity index (χ0n) is 14.0. The lowest BCUT2D eigenvalue weighted by atomic mass is 9.80. The van der Waals surface area contributed by atoms with Crippen molar-refractivity contribution in [3.05, 3.63) is 24.2 Å². The summed E-state index contributed by atoms with van der Waals surface area (Å²) in [6, 6.07) is 3.38. The van der Waals surface area contributed by atoms with Crippen LogP contribution in [0, 0.1) is 5.92 Å². The Morgan fingerprint density at radius 2 is 2.00 bits per heavy atom. The van der Waals surface area contributed by atoms with E-state index in [1.807, 2.05) is 0 Å². The molecule has 130 valence electrons. The largest absolute Gasteiger partial charge is 0.459 e. The van der Waals surface area contributed by atoms with E-state index in [9.17, 15) is 9.59 Å². The molecule has 1 aliphatic heterocycles. The van der Waals surface area contributed by atoms with Crippen LogP contribution in [0.25, 0.3) is 0 Å². The van der Waals surface area contributed by atoms with Crippen LogP contribution in [0.3, 0.4) is 0 Å². The van der Waals surface area contributed by atoms with Crippen LogP contribution in [0.4, 0.5) is 0 Å². The van der Waals surface area contributed by atoms with E-state index in [0.29, 0.717) is 18.8 Å². The SMILES string of the molecule is COC1(C2(NC(=O)C3CCCC3)CN(C(=O)c3ccco3)C2)CC1. The predicted molar refractivity (Wildman–Crippen MR) is 86.4 cm³/mol. The highest BCUT2D eigenvalue weighted by atomic mass is 16.5. The lowest BCUT2D eigenvalue weighted by Crippen LogP contribution is -2.78. The summed E-state index contributed by atoms with van der Waals surface area (Å²) in [5, 5.41) is 3.27. The van der Waals surface area contributed by atoms with Gasteiger partial charge in [0.25, 0.3) is 5.91 Å². The van der Waals surface area contributed by atoms with Gasteiger partial charge in [0.1, 0.15) is 5.54 Å². The first-order chi connectivity index (χ1) is 11.6. The van der Waals surface area contributed by atoms with Gasteiger partial charge in [-0.1, -0.05) is 12.8 Å². The van der Waals surface area contributed by atoms with Gasteiger partial charge < -0.3 is 19.4 Å². The summed E-state index contributed by atoms with van der Waals surface area (Å²) in [4.78, 5) is 26.8. The van der Waals surface area contributed by atoms with Gasteiger partial charge >= 0.3 is 0 Å². The first-order valence-electron chi connectivity index (χ1n) is 8.79. The predicted octanol–water partition coefficient (Wildman–Crippen LogP) is 1.96. The second-order valence-electron chi connectivity index (χ2n) is 7.39. The Balaban J connectivity index is 1.48. The summed E-state index contributed by atoms with van der Waals surface area (Å²) in [5.74, 6) is 0.455. The van der Waals surface area contributed by atoms with Crippen LogP contribution < -0.4 is 5.32 Å². The Hall–Kier alpha value is -1.82. The Bertz CT molecular complexity index is 623. The molecule has 2 aliphatic carbocycles. The molecule has 1 aromatic heterocycles. The summed E-state index contributed by atoms with van der Waals surface area (Å²) in [5.41, 5.74) is -0.773. The third-order valence-electron chi connectivity index (χ3n) is 6.00. The quantitative estimate of drug-likeness (QED) is 0.895. The van der Waals surface area contributed by atoms with E-state index in [-0.39, 0.29) is 23.3 Å². The molecule has 4 rings (SSSR count). The van der Waals surface area contributed by atoms with E-state index < -0.39 is 5.54 Å². The topological polar surface area (TPSA) is 71.8 Å². The molecule has 2 amide bonds. The Labute approximate surface area is 141 Å². The number of rotatable bonds is 5. The fourth-order valence-corrected chi connectivity index (χ4v) is 4.30. The molecule has 24 heavy (non-hydrogen) atoms. The van der Waals surface area contributed by atoms with E-state index in [1.165, 1.54) is 6.26 Å². The Kier molecular flexibility index (Phi) is 3.67. The smallest absolute Gasteiger partial charge is 0.289 e. The van der Waals surface area contributed by atoms with Crippen LogP contribution in [0.15, 0.2) is 22.8 Å².